The molecule has 1 atom stereocenters. The van der Waals surface area contributed by atoms with Gasteiger partial charge in [-0.25, -0.2) is 4.79 Å². The average Bonchev–Trinajstić information content (AvgIpc) is 2.20. The smallest absolute Gasteiger partial charge is 0.336 e. The first-order valence-corrected chi connectivity index (χ1v) is 5.45. The van der Waals surface area contributed by atoms with E-state index < -0.39 is 17.9 Å². The van der Waals surface area contributed by atoms with Gasteiger partial charge in [-0.05, 0) is 24.1 Å². The molecule has 0 aliphatic carbocycles. The number of carbonyl (C=O) groups is 2. The van der Waals surface area contributed by atoms with Crippen LogP contribution in [0.15, 0.2) is 22.7 Å². The van der Waals surface area contributed by atoms with Crippen molar-refractivity contribution in [3.05, 3.63) is 33.8 Å². The Morgan fingerprint density at radius 1 is 1.38 bits per heavy atom. The third kappa shape index (κ3) is 3.06. The molecule has 0 aliphatic rings. The number of carboxylic acids is 2. The molecule has 0 saturated carbocycles. The van der Waals surface area contributed by atoms with Crippen molar-refractivity contribution in [2.75, 3.05) is 0 Å². The second-order valence-corrected chi connectivity index (χ2v) is 4.47. The van der Waals surface area contributed by atoms with Crippen molar-refractivity contribution in [3.8, 4) is 0 Å². The molecule has 0 bridgehead atoms. The molecule has 0 fully saturated rings. The maximum absolute atomic E-state index is 11.0. The molecular formula is C11H11BrO4. The summed E-state index contributed by atoms with van der Waals surface area (Å²) < 4.78 is 0.664. The van der Waals surface area contributed by atoms with Crippen LogP contribution >= 0.6 is 15.9 Å². The van der Waals surface area contributed by atoms with Crippen LogP contribution in [-0.4, -0.2) is 22.2 Å². The van der Waals surface area contributed by atoms with Gasteiger partial charge in [0.05, 0.1) is 11.5 Å². The van der Waals surface area contributed by atoms with E-state index in [2.05, 4.69) is 15.9 Å². The summed E-state index contributed by atoms with van der Waals surface area (Å²) >= 11 is 3.18. The van der Waals surface area contributed by atoms with E-state index in [0.717, 1.165) is 0 Å². The number of rotatable bonds is 4. The van der Waals surface area contributed by atoms with Gasteiger partial charge in [-0.3, -0.25) is 4.79 Å². The maximum Gasteiger partial charge on any atom is 0.336 e. The molecule has 16 heavy (non-hydrogen) atoms. The van der Waals surface area contributed by atoms with Crippen molar-refractivity contribution in [1.29, 1.82) is 0 Å². The molecule has 0 saturated heterocycles. The van der Waals surface area contributed by atoms with E-state index in [0.29, 0.717) is 10.0 Å². The summed E-state index contributed by atoms with van der Waals surface area (Å²) in [6.45, 7) is 1.55. The predicted octanol–water partition coefficient (Wildman–Crippen LogP) is 2.41. The topological polar surface area (TPSA) is 74.6 Å². The number of hydrogen-bond donors (Lipinski definition) is 2. The van der Waals surface area contributed by atoms with Crippen molar-refractivity contribution in [2.45, 2.75) is 13.3 Å². The summed E-state index contributed by atoms with van der Waals surface area (Å²) in [6, 6.07) is 4.82. The first-order valence-electron chi connectivity index (χ1n) is 4.66. The largest absolute Gasteiger partial charge is 0.481 e. The highest BCUT2D eigenvalue weighted by molar-refractivity contribution is 9.10. The van der Waals surface area contributed by atoms with Crippen LogP contribution in [0.4, 0.5) is 0 Å². The number of benzene rings is 1. The van der Waals surface area contributed by atoms with E-state index >= 15 is 0 Å². The Labute approximate surface area is 101 Å². The Balaban J connectivity index is 3.04. The van der Waals surface area contributed by atoms with Crippen molar-refractivity contribution in [1.82, 2.24) is 0 Å². The van der Waals surface area contributed by atoms with Gasteiger partial charge in [0.2, 0.25) is 0 Å². The Hall–Kier alpha value is -1.36. The Kier molecular flexibility index (Phi) is 4.06. The molecule has 1 aromatic rings. The number of aliphatic carboxylic acids is 1. The van der Waals surface area contributed by atoms with Crippen LogP contribution in [0.3, 0.4) is 0 Å². The van der Waals surface area contributed by atoms with Crippen LogP contribution < -0.4 is 0 Å². The van der Waals surface area contributed by atoms with Crippen LogP contribution in [0.5, 0.6) is 0 Å². The fraction of sp³-hybridized carbons (Fsp3) is 0.273. The minimum Gasteiger partial charge on any atom is -0.481 e. The molecule has 1 aromatic carbocycles. The summed E-state index contributed by atoms with van der Waals surface area (Å²) in [5.74, 6) is -2.58. The van der Waals surface area contributed by atoms with Crippen molar-refractivity contribution in [3.63, 3.8) is 0 Å². The first-order chi connectivity index (χ1) is 7.41. The molecule has 0 aliphatic heterocycles. The van der Waals surface area contributed by atoms with Gasteiger partial charge >= 0.3 is 11.9 Å². The average molecular weight is 287 g/mol. The van der Waals surface area contributed by atoms with Gasteiger partial charge in [0, 0.05) is 4.47 Å². The SMILES string of the molecule is CC(Cc1ccc(Br)cc1C(=O)O)C(=O)O. The molecule has 1 unspecified atom stereocenters. The molecule has 86 valence electrons. The summed E-state index contributed by atoms with van der Waals surface area (Å²) in [5.41, 5.74) is 0.674. The molecule has 0 aromatic heterocycles. The number of carboxylic acid groups (broad SMARTS) is 2. The molecule has 1 rings (SSSR count). The van der Waals surface area contributed by atoms with Gasteiger partial charge in [0.15, 0.2) is 0 Å². The first kappa shape index (κ1) is 12.7. The van der Waals surface area contributed by atoms with E-state index in [1.165, 1.54) is 6.07 Å². The summed E-state index contributed by atoms with van der Waals surface area (Å²) in [7, 11) is 0. The van der Waals surface area contributed by atoms with Gasteiger partial charge in [-0.1, -0.05) is 28.9 Å². The molecule has 4 nitrogen and oxygen atoms in total. The van der Waals surface area contributed by atoms with Crippen LogP contribution in [0.2, 0.25) is 0 Å². The van der Waals surface area contributed by atoms with E-state index in [4.69, 9.17) is 10.2 Å². The summed E-state index contributed by atoms with van der Waals surface area (Å²) in [5, 5.41) is 17.7. The van der Waals surface area contributed by atoms with E-state index in [9.17, 15) is 9.59 Å². The lowest BCUT2D eigenvalue weighted by atomic mass is 9.97. The quantitative estimate of drug-likeness (QED) is 0.891. The molecule has 5 heteroatoms. The molecule has 0 spiro atoms. The van der Waals surface area contributed by atoms with Crippen LogP contribution in [0, 0.1) is 5.92 Å². The van der Waals surface area contributed by atoms with Gasteiger partial charge < -0.3 is 10.2 Å². The zero-order valence-electron chi connectivity index (χ0n) is 8.61. The fourth-order valence-electron chi connectivity index (χ4n) is 1.34. The highest BCUT2D eigenvalue weighted by Gasteiger charge is 2.17. The van der Waals surface area contributed by atoms with Crippen LogP contribution in [0.1, 0.15) is 22.8 Å². The minimum atomic E-state index is -1.05. The summed E-state index contributed by atoms with van der Waals surface area (Å²) in [4.78, 5) is 21.7. The van der Waals surface area contributed by atoms with Gasteiger partial charge in [0.1, 0.15) is 0 Å². The molecule has 0 heterocycles. The Bertz CT molecular complexity index is 428. The molecule has 2 N–H and O–H groups in total. The van der Waals surface area contributed by atoms with Crippen LogP contribution in [0.25, 0.3) is 0 Å². The Morgan fingerprint density at radius 3 is 2.50 bits per heavy atom. The van der Waals surface area contributed by atoms with Crippen LogP contribution in [-0.2, 0) is 11.2 Å². The van der Waals surface area contributed by atoms with Crippen molar-refractivity contribution in [2.24, 2.45) is 5.92 Å². The third-order valence-corrected chi connectivity index (χ3v) is 2.74. The molecule has 0 radical (unpaired) electrons. The summed E-state index contributed by atoms with van der Waals surface area (Å²) in [6.07, 6.45) is 0.213. The standard InChI is InChI=1S/C11H11BrO4/c1-6(10(13)14)4-7-2-3-8(12)5-9(7)11(15)16/h2-3,5-6H,4H2,1H3,(H,13,14)(H,15,16). The van der Waals surface area contributed by atoms with Crippen molar-refractivity contribution >= 4 is 27.9 Å². The normalized spacial score (nSPS) is 12.1. The highest BCUT2D eigenvalue weighted by atomic mass is 79.9. The van der Waals surface area contributed by atoms with Gasteiger partial charge in [0.25, 0.3) is 0 Å². The number of halogens is 1. The molecule has 0 amide bonds. The highest BCUT2D eigenvalue weighted by Crippen LogP contribution is 2.19. The van der Waals surface area contributed by atoms with E-state index in [-0.39, 0.29) is 12.0 Å². The zero-order valence-corrected chi connectivity index (χ0v) is 10.2. The third-order valence-electron chi connectivity index (χ3n) is 2.25. The van der Waals surface area contributed by atoms with Crippen molar-refractivity contribution < 1.29 is 19.8 Å². The number of aromatic carboxylic acids is 1. The predicted molar refractivity (Wildman–Crippen MR) is 61.6 cm³/mol. The zero-order chi connectivity index (χ0) is 12.3. The van der Waals surface area contributed by atoms with Gasteiger partial charge in [-0.2, -0.15) is 0 Å². The van der Waals surface area contributed by atoms with E-state index in [1.807, 2.05) is 0 Å². The second-order valence-electron chi connectivity index (χ2n) is 3.55. The Morgan fingerprint density at radius 2 is 2.00 bits per heavy atom. The lowest BCUT2D eigenvalue weighted by molar-refractivity contribution is -0.141. The monoisotopic (exact) mass is 286 g/mol. The molecular weight excluding hydrogens is 276 g/mol. The second kappa shape index (κ2) is 5.12. The van der Waals surface area contributed by atoms with Gasteiger partial charge in [-0.15, -0.1) is 0 Å². The lowest BCUT2D eigenvalue weighted by Crippen LogP contribution is -2.14. The fourth-order valence-corrected chi connectivity index (χ4v) is 1.70. The van der Waals surface area contributed by atoms with E-state index in [1.54, 1.807) is 19.1 Å². The maximum atomic E-state index is 11.0. The number of hydrogen-bond acceptors (Lipinski definition) is 2. The lowest BCUT2D eigenvalue weighted by Gasteiger charge is -2.09. The minimum absolute atomic E-state index is 0.141.